The van der Waals surface area contributed by atoms with Gasteiger partial charge in [0.15, 0.2) is 5.69 Å². The molecule has 3 rings (SSSR count). The lowest BCUT2D eigenvalue weighted by Gasteiger charge is -2.11. The van der Waals surface area contributed by atoms with Gasteiger partial charge in [-0.1, -0.05) is 0 Å². The van der Waals surface area contributed by atoms with Gasteiger partial charge in [-0.05, 0) is 26.7 Å². The second kappa shape index (κ2) is 6.22. The molecule has 1 aromatic heterocycles. The van der Waals surface area contributed by atoms with E-state index in [1.807, 2.05) is 0 Å². The van der Waals surface area contributed by atoms with Crippen LogP contribution in [-0.2, 0) is 6.54 Å². The quantitative estimate of drug-likeness (QED) is 0.877. The van der Waals surface area contributed by atoms with Gasteiger partial charge >= 0.3 is 5.97 Å². The third-order valence-corrected chi connectivity index (χ3v) is 4.14. The van der Waals surface area contributed by atoms with Crippen molar-refractivity contribution in [2.45, 2.75) is 39.2 Å². The molecule has 5 nitrogen and oxygen atoms in total. The number of hydrogen-bond acceptors (Lipinski definition) is 3. The summed E-state index contributed by atoms with van der Waals surface area (Å²) in [4.78, 5) is 11.3. The number of aromatic nitrogens is 2. The van der Waals surface area contributed by atoms with Crippen LogP contribution in [0.25, 0.3) is 0 Å². The molecule has 1 aromatic carbocycles. The smallest absolute Gasteiger partial charge is 0.356 e. The third-order valence-electron chi connectivity index (χ3n) is 4.14. The van der Waals surface area contributed by atoms with E-state index in [9.17, 15) is 18.7 Å². The van der Waals surface area contributed by atoms with Gasteiger partial charge in [-0.15, -0.1) is 0 Å². The van der Waals surface area contributed by atoms with E-state index in [0.717, 1.165) is 30.7 Å². The summed E-state index contributed by atoms with van der Waals surface area (Å²) < 4.78 is 35.0. The molecule has 1 saturated carbocycles. The average Bonchev–Trinajstić information content (AvgIpc) is 3.27. The fourth-order valence-corrected chi connectivity index (χ4v) is 2.89. The van der Waals surface area contributed by atoms with Crippen LogP contribution in [-0.4, -0.2) is 27.5 Å². The van der Waals surface area contributed by atoms with Gasteiger partial charge in [0.25, 0.3) is 0 Å². The first kappa shape index (κ1) is 16.4. The van der Waals surface area contributed by atoms with Gasteiger partial charge in [-0.25, -0.2) is 13.6 Å². The highest BCUT2D eigenvalue weighted by Gasteiger charge is 2.32. The molecule has 1 heterocycles. The molecule has 1 aliphatic rings. The molecule has 2 aromatic rings. The lowest BCUT2D eigenvalue weighted by atomic mass is 10.1. The van der Waals surface area contributed by atoms with Crippen molar-refractivity contribution in [2.75, 3.05) is 6.61 Å². The summed E-state index contributed by atoms with van der Waals surface area (Å²) in [7, 11) is 0. The van der Waals surface area contributed by atoms with Crippen molar-refractivity contribution in [3.63, 3.8) is 0 Å². The Balaban J connectivity index is 2.00. The van der Waals surface area contributed by atoms with Crippen LogP contribution < -0.4 is 4.74 Å². The minimum atomic E-state index is -1.14. The first-order valence-electron chi connectivity index (χ1n) is 7.83. The van der Waals surface area contributed by atoms with E-state index in [1.165, 1.54) is 4.68 Å². The summed E-state index contributed by atoms with van der Waals surface area (Å²) >= 11 is 0. The molecule has 128 valence electrons. The maximum atomic E-state index is 14.3. The molecule has 0 amide bonds. The van der Waals surface area contributed by atoms with Gasteiger partial charge in [0.2, 0.25) is 0 Å². The minimum absolute atomic E-state index is 0.0661. The van der Waals surface area contributed by atoms with Crippen LogP contribution in [0.5, 0.6) is 5.75 Å². The molecular formula is C17H18F2N2O3. The van der Waals surface area contributed by atoms with Crippen LogP contribution >= 0.6 is 0 Å². The Morgan fingerprint density at radius 1 is 1.38 bits per heavy atom. The molecule has 1 aliphatic carbocycles. The van der Waals surface area contributed by atoms with Crippen LogP contribution in [0.15, 0.2) is 12.1 Å². The van der Waals surface area contributed by atoms with Gasteiger partial charge in [-0.2, -0.15) is 5.10 Å². The van der Waals surface area contributed by atoms with E-state index < -0.39 is 17.6 Å². The van der Waals surface area contributed by atoms with E-state index in [1.54, 1.807) is 13.8 Å². The molecule has 0 bridgehead atoms. The predicted molar refractivity (Wildman–Crippen MR) is 82.5 cm³/mol. The largest absolute Gasteiger partial charge is 0.494 e. The molecule has 0 radical (unpaired) electrons. The Labute approximate surface area is 137 Å². The van der Waals surface area contributed by atoms with Crippen molar-refractivity contribution in [2.24, 2.45) is 0 Å². The SMILES string of the molecule is CCOc1cc(F)c(Cn2nc(C(=O)O)c(C)c2C2CC2)c(F)c1. The van der Waals surface area contributed by atoms with Crippen molar-refractivity contribution < 1.29 is 23.4 Å². The normalized spacial score (nSPS) is 14.0. The van der Waals surface area contributed by atoms with Crippen molar-refractivity contribution in [3.8, 4) is 5.75 Å². The standard InChI is InChI=1S/C17H18F2N2O3/c1-3-24-11-6-13(18)12(14(19)7-11)8-21-16(10-4-5-10)9(2)15(20-21)17(22)23/h6-7,10H,3-5,8H2,1-2H3,(H,22,23). The topological polar surface area (TPSA) is 64.4 Å². The van der Waals surface area contributed by atoms with Gasteiger partial charge < -0.3 is 9.84 Å². The van der Waals surface area contributed by atoms with E-state index in [2.05, 4.69) is 5.10 Å². The molecule has 0 spiro atoms. The summed E-state index contributed by atoms with van der Waals surface area (Å²) in [5.41, 5.74) is 1.10. The van der Waals surface area contributed by atoms with Crippen LogP contribution in [0, 0.1) is 18.6 Å². The number of carboxylic acid groups (broad SMARTS) is 1. The van der Waals surface area contributed by atoms with E-state index >= 15 is 0 Å². The van der Waals surface area contributed by atoms with Crippen LogP contribution in [0.1, 0.15) is 53.0 Å². The summed E-state index contributed by atoms with van der Waals surface area (Å²) in [6.07, 6.45) is 1.86. The average molecular weight is 336 g/mol. The lowest BCUT2D eigenvalue weighted by molar-refractivity contribution is 0.0688. The highest BCUT2D eigenvalue weighted by Crippen LogP contribution is 2.42. The Bertz CT molecular complexity index is 774. The fourth-order valence-electron chi connectivity index (χ4n) is 2.89. The Morgan fingerprint density at radius 3 is 2.50 bits per heavy atom. The second-order valence-corrected chi connectivity index (χ2v) is 5.89. The fraction of sp³-hybridized carbons (Fsp3) is 0.412. The molecule has 1 fully saturated rings. The number of nitrogens with zero attached hydrogens (tertiary/aromatic N) is 2. The number of aromatic carboxylic acids is 1. The number of carboxylic acids is 1. The van der Waals surface area contributed by atoms with E-state index in [4.69, 9.17) is 4.74 Å². The van der Waals surface area contributed by atoms with Gasteiger partial charge in [-0.3, -0.25) is 4.68 Å². The van der Waals surface area contributed by atoms with Crippen molar-refractivity contribution in [3.05, 3.63) is 46.3 Å². The molecule has 1 N–H and O–H groups in total. The molecule has 0 atom stereocenters. The van der Waals surface area contributed by atoms with Crippen LogP contribution in [0.3, 0.4) is 0 Å². The third kappa shape index (κ3) is 2.98. The number of ether oxygens (including phenoxy) is 1. The van der Waals surface area contributed by atoms with Gasteiger partial charge in [0.05, 0.1) is 13.2 Å². The summed E-state index contributed by atoms with van der Waals surface area (Å²) in [5.74, 6) is -2.27. The van der Waals surface area contributed by atoms with E-state index in [-0.39, 0.29) is 29.5 Å². The summed E-state index contributed by atoms with van der Waals surface area (Å²) in [6, 6.07) is 2.26. The van der Waals surface area contributed by atoms with Crippen LogP contribution in [0.2, 0.25) is 0 Å². The number of rotatable bonds is 6. The second-order valence-electron chi connectivity index (χ2n) is 5.89. The highest BCUT2D eigenvalue weighted by atomic mass is 19.1. The maximum absolute atomic E-state index is 14.3. The Hall–Kier alpha value is -2.44. The number of benzene rings is 1. The number of halogens is 2. The zero-order chi connectivity index (χ0) is 17.4. The first-order valence-corrected chi connectivity index (χ1v) is 7.83. The number of carbonyl (C=O) groups is 1. The van der Waals surface area contributed by atoms with Crippen molar-refractivity contribution in [1.29, 1.82) is 0 Å². The van der Waals surface area contributed by atoms with Crippen LogP contribution in [0.4, 0.5) is 8.78 Å². The monoisotopic (exact) mass is 336 g/mol. The molecule has 0 aliphatic heterocycles. The zero-order valence-corrected chi connectivity index (χ0v) is 13.5. The minimum Gasteiger partial charge on any atom is -0.494 e. The van der Waals surface area contributed by atoms with Crippen molar-refractivity contribution in [1.82, 2.24) is 9.78 Å². The Kier molecular flexibility index (Phi) is 4.26. The lowest BCUT2D eigenvalue weighted by Crippen LogP contribution is -2.10. The summed E-state index contributed by atoms with van der Waals surface area (Å²) in [5, 5.41) is 13.3. The molecule has 24 heavy (non-hydrogen) atoms. The number of hydrogen-bond donors (Lipinski definition) is 1. The van der Waals surface area contributed by atoms with Crippen molar-refractivity contribution >= 4 is 5.97 Å². The maximum Gasteiger partial charge on any atom is 0.356 e. The van der Waals surface area contributed by atoms with Gasteiger partial charge in [0, 0.05) is 34.9 Å². The van der Waals surface area contributed by atoms with E-state index in [0.29, 0.717) is 12.2 Å². The zero-order valence-electron chi connectivity index (χ0n) is 13.5. The Morgan fingerprint density at radius 2 is 2.00 bits per heavy atom. The molecular weight excluding hydrogens is 318 g/mol. The predicted octanol–water partition coefficient (Wildman–Crippen LogP) is 3.49. The summed E-state index contributed by atoms with van der Waals surface area (Å²) in [6.45, 7) is 3.57. The molecule has 0 saturated heterocycles. The molecule has 0 unspecified atom stereocenters. The van der Waals surface area contributed by atoms with Gasteiger partial charge in [0.1, 0.15) is 17.4 Å². The first-order chi connectivity index (χ1) is 11.4. The molecule has 7 heteroatoms. The highest BCUT2D eigenvalue weighted by molar-refractivity contribution is 5.87.